The first-order valence-corrected chi connectivity index (χ1v) is 10.7. The van der Waals surface area contributed by atoms with Crippen LogP contribution < -0.4 is 10.1 Å². The third-order valence-electron chi connectivity index (χ3n) is 3.94. The first-order chi connectivity index (χ1) is 12.2. The second-order valence-electron chi connectivity index (χ2n) is 5.82. The Bertz CT molecular complexity index is 697. The SMILES string of the molecule is CCOc1ccc(CCC(=O)Nc2cccc(C3SCCS3)c2)cc1. The fourth-order valence-electron chi connectivity index (χ4n) is 2.71. The molecule has 0 aliphatic carbocycles. The number of hydrogen-bond acceptors (Lipinski definition) is 4. The van der Waals surface area contributed by atoms with Gasteiger partial charge in [-0.05, 0) is 48.7 Å². The molecule has 0 saturated carbocycles. The lowest BCUT2D eigenvalue weighted by molar-refractivity contribution is -0.116. The van der Waals surface area contributed by atoms with Crippen LogP contribution in [-0.4, -0.2) is 24.0 Å². The maximum atomic E-state index is 12.2. The molecule has 25 heavy (non-hydrogen) atoms. The monoisotopic (exact) mass is 373 g/mol. The molecular weight excluding hydrogens is 350 g/mol. The Hall–Kier alpha value is -1.59. The minimum absolute atomic E-state index is 0.0535. The zero-order valence-electron chi connectivity index (χ0n) is 14.4. The van der Waals surface area contributed by atoms with Crippen molar-refractivity contribution in [3.63, 3.8) is 0 Å². The van der Waals surface area contributed by atoms with Crippen LogP contribution in [0.2, 0.25) is 0 Å². The molecule has 0 radical (unpaired) electrons. The quantitative estimate of drug-likeness (QED) is 0.730. The number of nitrogens with one attached hydrogen (secondary N) is 1. The smallest absolute Gasteiger partial charge is 0.224 e. The van der Waals surface area contributed by atoms with Crippen LogP contribution in [0.15, 0.2) is 48.5 Å². The van der Waals surface area contributed by atoms with Crippen molar-refractivity contribution in [1.82, 2.24) is 0 Å². The molecule has 0 aromatic heterocycles. The number of ether oxygens (including phenoxy) is 1. The summed E-state index contributed by atoms with van der Waals surface area (Å²) >= 11 is 3.95. The molecule has 0 atom stereocenters. The Labute approximate surface area is 157 Å². The number of benzene rings is 2. The number of hydrogen-bond donors (Lipinski definition) is 1. The van der Waals surface area contributed by atoms with E-state index in [-0.39, 0.29) is 5.91 Å². The summed E-state index contributed by atoms with van der Waals surface area (Å²) in [5, 5.41) is 3.03. The van der Waals surface area contributed by atoms with E-state index in [1.165, 1.54) is 17.1 Å². The van der Waals surface area contributed by atoms with E-state index < -0.39 is 0 Å². The van der Waals surface area contributed by atoms with Crippen molar-refractivity contribution < 1.29 is 9.53 Å². The molecule has 5 heteroatoms. The van der Waals surface area contributed by atoms with Crippen LogP contribution in [0.25, 0.3) is 0 Å². The van der Waals surface area contributed by atoms with E-state index in [4.69, 9.17) is 4.74 Å². The lowest BCUT2D eigenvalue weighted by Crippen LogP contribution is -2.12. The Balaban J connectivity index is 1.51. The van der Waals surface area contributed by atoms with Gasteiger partial charge in [0.25, 0.3) is 0 Å². The van der Waals surface area contributed by atoms with Gasteiger partial charge in [-0.15, -0.1) is 23.5 Å². The largest absolute Gasteiger partial charge is 0.494 e. The van der Waals surface area contributed by atoms with Crippen LogP contribution in [0, 0.1) is 0 Å². The van der Waals surface area contributed by atoms with Crippen LogP contribution >= 0.6 is 23.5 Å². The molecule has 3 nitrogen and oxygen atoms in total. The van der Waals surface area contributed by atoms with E-state index in [0.717, 1.165) is 23.4 Å². The molecule has 0 spiro atoms. The Morgan fingerprint density at radius 2 is 1.92 bits per heavy atom. The van der Waals surface area contributed by atoms with Gasteiger partial charge >= 0.3 is 0 Å². The van der Waals surface area contributed by atoms with Crippen LogP contribution in [0.5, 0.6) is 5.75 Å². The van der Waals surface area contributed by atoms with Crippen molar-refractivity contribution in [3.8, 4) is 5.75 Å². The summed E-state index contributed by atoms with van der Waals surface area (Å²) in [7, 11) is 0. The third-order valence-corrected chi connectivity index (χ3v) is 7.04. The fraction of sp³-hybridized carbons (Fsp3) is 0.350. The van der Waals surface area contributed by atoms with Gasteiger partial charge in [0.05, 0.1) is 11.2 Å². The van der Waals surface area contributed by atoms with Gasteiger partial charge in [-0.25, -0.2) is 0 Å². The lowest BCUT2D eigenvalue weighted by Gasteiger charge is -2.11. The van der Waals surface area contributed by atoms with Crippen molar-refractivity contribution in [2.45, 2.75) is 24.3 Å². The number of aryl methyl sites for hydroxylation is 1. The molecular formula is C20H23NO2S2. The second kappa shape index (κ2) is 9.20. The fourth-order valence-corrected chi connectivity index (χ4v) is 5.55. The number of rotatable bonds is 7. The van der Waals surface area contributed by atoms with Crippen LogP contribution in [0.1, 0.15) is 29.1 Å². The van der Waals surface area contributed by atoms with E-state index in [9.17, 15) is 4.79 Å². The first kappa shape index (κ1) is 18.2. The van der Waals surface area contributed by atoms with Crippen LogP contribution in [0.4, 0.5) is 5.69 Å². The molecule has 1 aliphatic heterocycles. The number of thioether (sulfide) groups is 2. The average molecular weight is 374 g/mol. The molecule has 1 N–H and O–H groups in total. The van der Waals surface area contributed by atoms with Crippen LogP contribution in [-0.2, 0) is 11.2 Å². The number of anilines is 1. The highest BCUT2D eigenvalue weighted by atomic mass is 32.2. The maximum Gasteiger partial charge on any atom is 0.224 e. The normalized spacial score (nSPS) is 14.4. The summed E-state index contributed by atoms with van der Waals surface area (Å²) in [5.74, 6) is 3.33. The molecule has 2 aromatic carbocycles. The second-order valence-corrected chi connectivity index (χ2v) is 8.55. The third kappa shape index (κ3) is 5.44. The number of carbonyl (C=O) groups is 1. The molecule has 1 aliphatic rings. The summed E-state index contributed by atoms with van der Waals surface area (Å²) in [6.07, 6.45) is 1.21. The molecule has 1 amide bonds. The molecule has 1 heterocycles. The van der Waals surface area contributed by atoms with Crippen molar-refractivity contribution in [1.29, 1.82) is 0 Å². The standard InChI is InChI=1S/C20H23NO2S2/c1-2-23-18-9-6-15(7-10-18)8-11-19(22)21-17-5-3-4-16(14-17)20-24-12-13-25-20/h3-7,9-10,14,20H,2,8,11-13H2,1H3,(H,21,22). The van der Waals surface area contributed by atoms with E-state index in [0.29, 0.717) is 17.6 Å². The summed E-state index contributed by atoms with van der Waals surface area (Å²) in [5.41, 5.74) is 3.32. The van der Waals surface area contributed by atoms with E-state index >= 15 is 0 Å². The zero-order chi connectivity index (χ0) is 17.5. The van der Waals surface area contributed by atoms with Gasteiger partial charge in [0, 0.05) is 23.6 Å². The molecule has 0 unspecified atom stereocenters. The Morgan fingerprint density at radius 3 is 2.64 bits per heavy atom. The van der Waals surface area contributed by atoms with Crippen LogP contribution in [0.3, 0.4) is 0 Å². The topological polar surface area (TPSA) is 38.3 Å². The predicted octanol–water partition coefficient (Wildman–Crippen LogP) is 5.14. The minimum Gasteiger partial charge on any atom is -0.494 e. The Morgan fingerprint density at radius 1 is 1.16 bits per heavy atom. The molecule has 0 bridgehead atoms. The number of carbonyl (C=O) groups excluding carboxylic acids is 1. The highest BCUT2D eigenvalue weighted by molar-refractivity contribution is 8.19. The van der Waals surface area contributed by atoms with E-state index in [2.05, 4.69) is 17.4 Å². The van der Waals surface area contributed by atoms with Gasteiger partial charge in [0.15, 0.2) is 0 Å². The lowest BCUT2D eigenvalue weighted by atomic mass is 10.1. The van der Waals surface area contributed by atoms with Gasteiger partial charge in [0.2, 0.25) is 5.91 Å². The minimum atomic E-state index is 0.0535. The van der Waals surface area contributed by atoms with Crippen molar-refractivity contribution >= 4 is 35.1 Å². The van der Waals surface area contributed by atoms with Gasteiger partial charge in [-0.1, -0.05) is 24.3 Å². The van der Waals surface area contributed by atoms with Gasteiger partial charge < -0.3 is 10.1 Å². The maximum absolute atomic E-state index is 12.2. The summed E-state index contributed by atoms with van der Waals surface area (Å²) in [6, 6.07) is 16.2. The summed E-state index contributed by atoms with van der Waals surface area (Å²) in [4.78, 5) is 12.2. The first-order valence-electron chi connectivity index (χ1n) is 8.59. The number of amides is 1. The molecule has 3 rings (SSSR count). The van der Waals surface area contributed by atoms with Crippen molar-refractivity contribution in [2.24, 2.45) is 0 Å². The van der Waals surface area contributed by atoms with Gasteiger partial charge in [0.1, 0.15) is 5.75 Å². The summed E-state index contributed by atoms with van der Waals surface area (Å²) < 4.78 is 5.94. The van der Waals surface area contributed by atoms with Crippen molar-refractivity contribution in [3.05, 3.63) is 59.7 Å². The predicted molar refractivity (Wildman–Crippen MR) is 109 cm³/mol. The highest BCUT2D eigenvalue weighted by Gasteiger charge is 2.18. The van der Waals surface area contributed by atoms with Gasteiger partial charge in [-0.2, -0.15) is 0 Å². The molecule has 1 fully saturated rings. The molecule has 1 saturated heterocycles. The molecule has 132 valence electrons. The Kier molecular flexibility index (Phi) is 6.70. The highest BCUT2D eigenvalue weighted by Crippen LogP contribution is 2.45. The van der Waals surface area contributed by atoms with Gasteiger partial charge in [-0.3, -0.25) is 4.79 Å². The van der Waals surface area contributed by atoms with E-state index in [1.807, 2.05) is 66.8 Å². The van der Waals surface area contributed by atoms with E-state index in [1.54, 1.807) is 0 Å². The summed E-state index contributed by atoms with van der Waals surface area (Å²) in [6.45, 7) is 2.63. The molecule has 2 aromatic rings. The average Bonchev–Trinajstić information content (AvgIpc) is 3.16. The zero-order valence-corrected chi connectivity index (χ0v) is 16.0. The van der Waals surface area contributed by atoms with Crippen molar-refractivity contribution in [2.75, 3.05) is 23.4 Å².